The monoisotopic (exact) mass is 460 g/mol. The van der Waals surface area contributed by atoms with Crippen LogP contribution in [0.15, 0.2) is 48.7 Å². The quantitative estimate of drug-likeness (QED) is 0.376. The van der Waals surface area contributed by atoms with Crippen LogP contribution in [-0.2, 0) is 24.5 Å². The standard InChI is InChI=1S/C26H25ClN4O2/c1-16-3-5-17(6-4-16)13-30(18-7-8-18)26-22-14-33-15-24(22)29-25-21(12-28-31(25)26)20-10-9-19(32-2)11-23(20)27/h3-6,9-12,18H,7-8,13-15H2,1-2H3. The molecule has 1 aliphatic heterocycles. The van der Waals surface area contributed by atoms with Crippen LogP contribution in [0.4, 0.5) is 5.82 Å². The number of aromatic nitrogens is 3. The number of ether oxygens (including phenoxy) is 2. The first kappa shape index (κ1) is 20.5. The van der Waals surface area contributed by atoms with Crippen LogP contribution in [0.3, 0.4) is 0 Å². The number of hydrogen-bond donors (Lipinski definition) is 0. The number of hydrogen-bond acceptors (Lipinski definition) is 5. The summed E-state index contributed by atoms with van der Waals surface area (Å²) < 4.78 is 13.1. The number of rotatable bonds is 6. The summed E-state index contributed by atoms with van der Waals surface area (Å²) in [5, 5.41) is 5.42. The Morgan fingerprint density at radius 1 is 1.12 bits per heavy atom. The molecule has 3 heterocycles. The molecule has 4 aromatic rings. The minimum atomic E-state index is 0.499. The fourth-order valence-corrected chi connectivity index (χ4v) is 4.83. The minimum Gasteiger partial charge on any atom is -0.497 e. The van der Waals surface area contributed by atoms with E-state index in [2.05, 4.69) is 36.1 Å². The van der Waals surface area contributed by atoms with Gasteiger partial charge in [-0.3, -0.25) is 0 Å². The van der Waals surface area contributed by atoms with E-state index in [1.807, 2.05) is 28.9 Å². The van der Waals surface area contributed by atoms with Gasteiger partial charge in [-0.1, -0.05) is 41.4 Å². The molecular weight excluding hydrogens is 436 g/mol. The zero-order valence-electron chi connectivity index (χ0n) is 18.7. The Bertz CT molecular complexity index is 1340. The lowest BCUT2D eigenvalue weighted by Crippen LogP contribution is -2.29. The number of aryl methyl sites for hydroxylation is 1. The van der Waals surface area contributed by atoms with E-state index in [0.717, 1.165) is 46.1 Å². The second-order valence-corrected chi connectivity index (χ2v) is 9.24. The molecule has 0 atom stereocenters. The maximum Gasteiger partial charge on any atom is 0.165 e. The molecule has 0 bridgehead atoms. The highest BCUT2D eigenvalue weighted by Gasteiger charge is 2.35. The first-order chi connectivity index (χ1) is 16.1. The molecule has 7 heteroatoms. The van der Waals surface area contributed by atoms with Crippen molar-refractivity contribution < 1.29 is 9.47 Å². The van der Waals surface area contributed by atoms with Gasteiger partial charge in [0.2, 0.25) is 0 Å². The van der Waals surface area contributed by atoms with Gasteiger partial charge in [0.15, 0.2) is 5.65 Å². The van der Waals surface area contributed by atoms with E-state index in [1.165, 1.54) is 24.0 Å². The van der Waals surface area contributed by atoms with Crippen LogP contribution in [0.5, 0.6) is 5.75 Å². The molecule has 6 rings (SSSR count). The van der Waals surface area contributed by atoms with Gasteiger partial charge in [-0.25, -0.2) is 4.98 Å². The predicted molar refractivity (Wildman–Crippen MR) is 129 cm³/mol. The molecule has 33 heavy (non-hydrogen) atoms. The molecule has 168 valence electrons. The van der Waals surface area contributed by atoms with Crippen LogP contribution >= 0.6 is 11.6 Å². The number of methoxy groups -OCH3 is 1. The third-order valence-corrected chi connectivity index (χ3v) is 6.80. The Labute approximate surface area is 197 Å². The second-order valence-electron chi connectivity index (χ2n) is 8.84. The SMILES string of the molecule is COc1ccc(-c2cnn3c(N(Cc4ccc(C)cc4)C4CC4)c4c(nc23)COC4)c(Cl)c1. The van der Waals surface area contributed by atoms with Gasteiger partial charge < -0.3 is 14.4 Å². The zero-order chi connectivity index (χ0) is 22.5. The summed E-state index contributed by atoms with van der Waals surface area (Å²) in [5.74, 6) is 1.81. The highest BCUT2D eigenvalue weighted by molar-refractivity contribution is 6.33. The average molecular weight is 461 g/mol. The molecule has 0 saturated heterocycles. The summed E-state index contributed by atoms with van der Waals surface area (Å²) in [6, 6.07) is 15.0. The smallest absolute Gasteiger partial charge is 0.165 e. The van der Waals surface area contributed by atoms with Gasteiger partial charge in [0, 0.05) is 29.3 Å². The van der Waals surface area contributed by atoms with Crippen LogP contribution in [0.1, 0.15) is 35.2 Å². The van der Waals surface area contributed by atoms with Gasteiger partial charge >= 0.3 is 0 Å². The number of nitrogens with zero attached hydrogens (tertiary/aromatic N) is 4. The lowest BCUT2D eigenvalue weighted by molar-refractivity contribution is 0.133. The van der Waals surface area contributed by atoms with Crippen molar-refractivity contribution in [3.05, 3.63) is 76.1 Å². The van der Waals surface area contributed by atoms with Gasteiger partial charge in [0.1, 0.15) is 11.6 Å². The minimum absolute atomic E-state index is 0.499. The van der Waals surface area contributed by atoms with Crippen molar-refractivity contribution in [2.75, 3.05) is 12.0 Å². The maximum atomic E-state index is 6.62. The van der Waals surface area contributed by atoms with Crippen LogP contribution < -0.4 is 9.64 Å². The van der Waals surface area contributed by atoms with Crippen LogP contribution in [-0.4, -0.2) is 27.7 Å². The van der Waals surface area contributed by atoms with Crippen molar-refractivity contribution in [3.8, 4) is 16.9 Å². The Hall–Kier alpha value is -3.09. The van der Waals surface area contributed by atoms with Gasteiger partial charge in [-0.05, 0) is 43.5 Å². The molecule has 0 radical (unpaired) electrons. The largest absolute Gasteiger partial charge is 0.497 e. The summed E-state index contributed by atoms with van der Waals surface area (Å²) in [6.07, 6.45) is 4.24. The fourth-order valence-electron chi connectivity index (χ4n) is 4.55. The zero-order valence-corrected chi connectivity index (χ0v) is 19.5. The van der Waals surface area contributed by atoms with Gasteiger partial charge in [0.05, 0.1) is 37.2 Å². The summed E-state index contributed by atoms with van der Waals surface area (Å²) >= 11 is 6.62. The maximum absolute atomic E-state index is 6.62. The highest BCUT2D eigenvalue weighted by atomic mass is 35.5. The summed E-state index contributed by atoms with van der Waals surface area (Å²) in [5.41, 5.74) is 7.28. The van der Waals surface area contributed by atoms with E-state index in [-0.39, 0.29) is 0 Å². The van der Waals surface area contributed by atoms with E-state index in [1.54, 1.807) is 7.11 Å². The third-order valence-electron chi connectivity index (χ3n) is 6.49. The molecule has 0 amide bonds. The molecule has 2 aromatic carbocycles. The molecule has 0 unspecified atom stereocenters. The average Bonchev–Trinajstić information content (AvgIpc) is 3.42. The summed E-state index contributed by atoms with van der Waals surface area (Å²) in [6.45, 7) is 4.02. The highest BCUT2D eigenvalue weighted by Crippen LogP contribution is 2.40. The molecule has 2 aromatic heterocycles. The number of fused-ring (bicyclic) bond motifs is 2. The van der Waals surface area contributed by atoms with E-state index >= 15 is 0 Å². The van der Waals surface area contributed by atoms with Gasteiger partial charge in [-0.2, -0.15) is 9.61 Å². The van der Waals surface area contributed by atoms with E-state index in [9.17, 15) is 0 Å². The summed E-state index contributed by atoms with van der Waals surface area (Å²) in [4.78, 5) is 7.46. The molecule has 1 fully saturated rings. The van der Waals surface area contributed by atoms with Gasteiger partial charge in [0.25, 0.3) is 0 Å². The molecule has 6 nitrogen and oxygen atoms in total. The summed E-state index contributed by atoms with van der Waals surface area (Å²) in [7, 11) is 1.64. The predicted octanol–water partition coefficient (Wildman–Crippen LogP) is 5.57. The number of anilines is 1. The topological polar surface area (TPSA) is 51.9 Å². The van der Waals surface area contributed by atoms with Crippen LogP contribution in [0.2, 0.25) is 5.02 Å². The Morgan fingerprint density at radius 2 is 1.94 bits per heavy atom. The van der Waals surface area contributed by atoms with Crippen molar-refractivity contribution in [2.45, 2.75) is 45.6 Å². The molecule has 1 saturated carbocycles. The van der Waals surface area contributed by atoms with Crippen molar-refractivity contribution in [3.63, 3.8) is 0 Å². The van der Waals surface area contributed by atoms with E-state index in [4.69, 9.17) is 31.2 Å². The normalized spacial score (nSPS) is 15.1. The van der Waals surface area contributed by atoms with Crippen molar-refractivity contribution in [1.29, 1.82) is 0 Å². The lowest BCUT2D eigenvalue weighted by Gasteiger charge is -2.27. The molecule has 0 N–H and O–H groups in total. The van der Waals surface area contributed by atoms with Crippen molar-refractivity contribution in [2.24, 2.45) is 0 Å². The molecule has 0 spiro atoms. The lowest BCUT2D eigenvalue weighted by atomic mass is 10.1. The van der Waals surface area contributed by atoms with Crippen LogP contribution in [0.25, 0.3) is 16.8 Å². The second kappa shape index (κ2) is 8.04. The third kappa shape index (κ3) is 3.63. The Kier molecular flexibility index (Phi) is 5.00. The van der Waals surface area contributed by atoms with E-state index < -0.39 is 0 Å². The van der Waals surface area contributed by atoms with E-state index in [0.29, 0.717) is 24.3 Å². The Morgan fingerprint density at radius 3 is 2.67 bits per heavy atom. The molecule has 2 aliphatic rings. The van der Waals surface area contributed by atoms with Gasteiger partial charge in [-0.15, -0.1) is 0 Å². The first-order valence-electron chi connectivity index (χ1n) is 11.3. The van der Waals surface area contributed by atoms with Crippen molar-refractivity contribution >= 4 is 23.1 Å². The number of halogens is 1. The van der Waals surface area contributed by atoms with Crippen molar-refractivity contribution in [1.82, 2.24) is 14.6 Å². The molecule has 1 aliphatic carbocycles. The molecular formula is C26H25ClN4O2. The number of benzene rings is 2. The van der Waals surface area contributed by atoms with Crippen LogP contribution in [0, 0.1) is 6.92 Å². The fraction of sp³-hybridized carbons (Fsp3) is 0.308. The Balaban J connectivity index is 1.51. The first-order valence-corrected chi connectivity index (χ1v) is 11.6.